The van der Waals surface area contributed by atoms with Gasteiger partial charge >= 0.3 is 0 Å². The fraction of sp³-hybridized carbons (Fsp3) is 0.526. The number of methoxy groups -OCH3 is 1. The normalized spacial score (nSPS) is 10.3. The van der Waals surface area contributed by atoms with Gasteiger partial charge in [-0.05, 0) is 38.8 Å². The number of aromatic nitrogens is 1. The highest BCUT2D eigenvalue weighted by Crippen LogP contribution is 2.21. The van der Waals surface area contributed by atoms with Gasteiger partial charge in [0, 0.05) is 18.7 Å². The van der Waals surface area contributed by atoms with E-state index in [1.54, 1.807) is 11.7 Å². The summed E-state index contributed by atoms with van der Waals surface area (Å²) >= 11 is 0. The summed E-state index contributed by atoms with van der Waals surface area (Å²) < 4.78 is 6.59. The van der Waals surface area contributed by atoms with E-state index in [-0.39, 0.29) is 5.60 Å². The van der Waals surface area contributed by atoms with Crippen LogP contribution in [0.1, 0.15) is 53.5 Å². The second-order valence-electron chi connectivity index (χ2n) is 5.75. The molecule has 0 saturated heterocycles. The molecule has 124 valence electrons. The summed E-state index contributed by atoms with van der Waals surface area (Å²) in [6, 6.07) is 8.01. The first kappa shape index (κ1) is 20.4. The maximum absolute atomic E-state index is 10.8. The van der Waals surface area contributed by atoms with Gasteiger partial charge in [0.05, 0.1) is 11.1 Å². The van der Waals surface area contributed by atoms with Crippen molar-refractivity contribution in [2.24, 2.45) is 0 Å². The first-order chi connectivity index (χ1) is 10.4. The molecule has 0 radical (unpaired) electrons. The summed E-state index contributed by atoms with van der Waals surface area (Å²) in [5, 5.41) is 1.20. The van der Waals surface area contributed by atoms with Crippen LogP contribution in [0.15, 0.2) is 30.5 Å². The first-order valence-corrected chi connectivity index (χ1v) is 8.01. The predicted octanol–water partition coefficient (Wildman–Crippen LogP) is 5.09. The molecule has 3 heteroatoms. The highest BCUT2D eigenvalue weighted by atomic mass is 16.5. The molecule has 0 unspecified atom stereocenters. The Morgan fingerprint density at radius 1 is 1.18 bits per heavy atom. The van der Waals surface area contributed by atoms with E-state index < -0.39 is 0 Å². The zero-order valence-corrected chi connectivity index (χ0v) is 15.1. The molecule has 0 atom stereocenters. The largest absolute Gasteiger partial charge is 0.379 e. The first-order valence-electron chi connectivity index (χ1n) is 8.01. The molecule has 0 aliphatic heterocycles. The molecule has 0 fully saturated rings. The van der Waals surface area contributed by atoms with Crippen molar-refractivity contribution in [3.8, 4) is 0 Å². The van der Waals surface area contributed by atoms with Gasteiger partial charge in [0.1, 0.15) is 0 Å². The van der Waals surface area contributed by atoms with Crippen LogP contribution in [0.4, 0.5) is 0 Å². The average Bonchev–Trinajstić information content (AvgIpc) is 2.88. The SMILES string of the molecule is CC.CCCc1cn(C=O)c2ccccc12.COC(C)(C)C. The van der Waals surface area contributed by atoms with E-state index in [0.29, 0.717) is 0 Å². The van der Waals surface area contributed by atoms with Gasteiger partial charge in [0.25, 0.3) is 0 Å². The van der Waals surface area contributed by atoms with E-state index in [1.807, 2.05) is 59.0 Å². The van der Waals surface area contributed by atoms with Crippen LogP contribution >= 0.6 is 0 Å². The van der Waals surface area contributed by atoms with Crippen molar-refractivity contribution < 1.29 is 9.53 Å². The van der Waals surface area contributed by atoms with Crippen molar-refractivity contribution in [3.05, 3.63) is 36.0 Å². The van der Waals surface area contributed by atoms with Crippen LogP contribution in [0, 0.1) is 0 Å². The quantitative estimate of drug-likeness (QED) is 0.740. The van der Waals surface area contributed by atoms with Gasteiger partial charge < -0.3 is 4.74 Å². The van der Waals surface area contributed by atoms with Crippen LogP contribution in [0.3, 0.4) is 0 Å². The predicted molar refractivity (Wildman–Crippen MR) is 96.2 cm³/mol. The van der Waals surface area contributed by atoms with E-state index in [9.17, 15) is 4.79 Å². The van der Waals surface area contributed by atoms with Crippen LogP contribution < -0.4 is 0 Å². The smallest absolute Gasteiger partial charge is 0.218 e. The number of ether oxygens (including phenoxy) is 1. The third-order valence-electron chi connectivity index (χ3n) is 3.07. The van der Waals surface area contributed by atoms with Crippen LogP contribution in [0.25, 0.3) is 10.9 Å². The van der Waals surface area contributed by atoms with Gasteiger partial charge in [0.15, 0.2) is 0 Å². The fourth-order valence-corrected chi connectivity index (χ4v) is 1.83. The molecular weight excluding hydrogens is 274 g/mol. The second-order valence-corrected chi connectivity index (χ2v) is 5.75. The number of fused-ring (bicyclic) bond motifs is 1. The lowest BCUT2D eigenvalue weighted by Gasteiger charge is -2.14. The standard InChI is InChI=1S/C12H13NO.C5H12O.C2H6/c1-2-5-10-8-13(9-14)12-7-4-3-6-11(10)12;1-5(2,3)6-4;1-2/h3-4,6-9H,2,5H2,1H3;1-4H3;1-2H3. The number of hydrogen-bond donors (Lipinski definition) is 0. The molecule has 0 spiro atoms. The van der Waals surface area contributed by atoms with Crippen molar-refractivity contribution in [1.82, 2.24) is 4.57 Å². The minimum absolute atomic E-state index is 0.0417. The topological polar surface area (TPSA) is 31.2 Å². The fourth-order valence-electron chi connectivity index (χ4n) is 1.83. The zero-order chi connectivity index (χ0) is 17.2. The summed E-state index contributed by atoms with van der Waals surface area (Å²) in [6.45, 7) is 12.2. The number of aryl methyl sites for hydroxylation is 1. The minimum Gasteiger partial charge on any atom is -0.379 e. The summed E-state index contributed by atoms with van der Waals surface area (Å²) in [4.78, 5) is 10.8. The molecule has 0 amide bonds. The number of benzene rings is 1. The van der Waals surface area contributed by atoms with E-state index in [4.69, 9.17) is 4.74 Å². The molecule has 22 heavy (non-hydrogen) atoms. The van der Waals surface area contributed by atoms with Crippen molar-refractivity contribution in [1.29, 1.82) is 0 Å². The molecule has 1 aromatic carbocycles. The summed E-state index contributed by atoms with van der Waals surface area (Å²) in [5.41, 5.74) is 2.31. The molecule has 0 aliphatic rings. The number of hydrogen-bond acceptors (Lipinski definition) is 2. The average molecular weight is 305 g/mol. The Morgan fingerprint density at radius 3 is 2.18 bits per heavy atom. The second kappa shape index (κ2) is 10.2. The third-order valence-corrected chi connectivity index (χ3v) is 3.07. The van der Waals surface area contributed by atoms with Crippen LogP contribution in [-0.2, 0) is 16.0 Å². The Labute approximate surface area is 135 Å². The van der Waals surface area contributed by atoms with Gasteiger partial charge in [-0.3, -0.25) is 9.36 Å². The molecular formula is C19H31NO2. The van der Waals surface area contributed by atoms with Gasteiger partial charge in [-0.25, -0.2) is 0 Å². The van der Waals surface area contributed by atoms with Crippen molar-refractivity contribution in [3.63, 3.8) is 0 Å². The molecule has 1 aromatic heterocycles. The highest BCUT2D eigenvalue weighted by molar-refractivity contribution is 5.88. The molecule has 0 bridgehead atoms. The Kier molecular flexibility index (Phi) is 9.43. The molecule has 0 saturated carbocycles. The molecule has 2 rings (SSSR count). The molecule has 0 N–H and O–H groups in total. The number of carbonyl (C=O) groups is 1. The molecule has 3 nitrogen and oxygen atoms in total. The maximum Gasteiger partial charge on any atom is 0.218 e. The van der Waals surface area contributed by atoms with E-state index in [0.717, 1.165) is 24.8 Å². The van der Waals surface area contributed by atoms with Gasteiger partial charge in [-0.1, -0.05) is 45.4 Å². The van der Waals surface area contributed by atoms with Crippen LogP contribution in [0.5, 0.6) is 0 Å². The molecule has 2 aromatic rings. The van der Waals surface area contributed by atoms with E-state index >= 15 is 0 Å². The molecule has 0 aliphatic carbocycles. The van der Waals surface area contributed by atoms with E-state index in [2.05, 4.69) is 13.0 Å². The Hall–Kier alpha value is -1.61. The number of carbonyl (C=O) groups excluding carboxylic acids is 1. The Morgan fingerprint density at radius 2 is 1.73 bits per heavy atom. The molecule has 1 heterocycles. The van der Waals surface area contributed by atoms with Crippen LogP contribution in [-0.4, -0.2) is 23.7 Å². The maximum atomic E-state index is 10.8. The summed E-state index contributed by atoms with van der Waals surface area (Å²) in [5.74, 6) is 0. The van der Waals surface area contributed by atoms with Gasteiger partial charge in [0.2, 0.25) is 6.41 Å². The number of para-hydroxylation sites is 1. The van der Waals surface area contributed by atoms with Crippen LogP contribution in [0.2, 0.25) is 0 Å². The lowest BCUT2D eigenvalue weighted by molar-refractivity contribution is 0.0397. The zero-order valence-electron chi connectivity index (χ0n) is 15.1. The summed E-state index contributed by atoms with van der Waals surface area (Å²) in [7, 11) is 1.71. The summed E-state index contributed by atoms with van der Waals surface area (Å²) in [6.07, 6.45) is 4.93. The van der Waals surface area contributed by atoms with Crippen molar-refractivity contribution >= 4 is 17.3 Å². The monoisotopic (exact) mass is 305 g/mol. The van der Waals surface area contributed by atoms with Crippen molar-refractivity contribution in [2.75, 3.05) is 7.11 Å². The number of rotatable bonds is 3. The lowest BCUT2D eigenvalue weighted by Crippen LogP contribution is -2.15. The van der Waals surface area contributed by atoms with Gasteiger partial charge in [-0.2, -0.15) is 0 Å². The van der Waals surface area contributed by atoms with Gasteiger partial charge in [-0.15, -0.1) is 0 Å². The van der Waals surface area contributed by atoms with Crippen molar-refractivity contribution in [2.45, 2.75) is 60.0 Å². The lowest BCUT2D eigenvalue weighted by atomic mass is 10.1. The number of nitrogens with zero attached hydrogens (tertiary/aromatic N) is 1. The minimum atomic E-state index is 0.0417. The third kappa shape index (κ3) is 6.44. The Balaban J connectivity index is 0.000000470. The Bertz CT molecular complexity index is 550. The highest BCUT2D eigenvalue weighted by Gasteiger charge is 2.05. The van der Waals surface area contributed by atoms with E-state index in [1.165, 1.54) is 10.9 Å².